The van der Waals surface area contributed by atoms with E-state index < -0.39 is 0 Å². The van der Waals surface area contributed by atoms with Crippen molar-refractivity contribution in [1.29, 1.82) is 0 Å². The summed E-state index contributed by atoms with van der Waals surface area (Å²) in [6.07, 6.45) is 14.6. The molecule has 0 unspecified atom stereocenters. The summed E-state index contributed by atoms with van der Waals surface area (Å²) < 4.78 is 0. The van der Waals surface area contributed by atoms with Gasteiger partial charge in [-0.2, -0.15) is 0 Å². The van der Waals surface area contributed by atoms with Crippen molar-refractivity contribution in [2.45, 2.75) is 57.8 Å². The number of phenols is 1. The van der Waals surface area contributed by atoms with Crippen molar-refractivity contribution in [3.8, 4) is 5.75 Å². The molecule has 2 aromatic carbocycles. The maximum atomic E-state index is 10.2. The Balaban J connectivity index is 1.61. The van der Waals surface area contributed by atoms with Gasteiger partial charge in [0, 0.05) is 5.56 Å². The fourth-order valence-electron chi connectivity index (χ4n) is 3.51. The van der Waals surface area contributed by atoms with Crippen molar-refractivity contribution in [2.24, 2.45) is 0 Å². The largest absolute Gasteiger partial charge is 0.508 e. The van der Waals surface area contributed by atoms with Gasteiger partial charge in [-0.05, 0) is 48.4 Å². The minimum absolute atomic E-state index is 0.381. The predicted molar refractivity (Wildman–Crippen MR) is 114 cm³/mol. The van der Waals surface area contributed by atoms with Crippen molar-refractivity contribution in [3.63, 3.8) is 0 Å². The Hall–Kier alpha value is -2.28. The number of aryl methyl sites for hydroxylation is 1. The Morgan fingerprint density at radius 3 is 1.92 bits per heavy atom. The van der Waals surface area contributed by atoms with Gasteiger partial charge in [-0.1, -0.05) is 93.8 Å². The first-order chi connectivity index (χ1) is 12.8. The van der Waals surface area contributed by atoms with Crippen molar-refractivity contribution < 1.29 is 5.11 Å². The Labute approximate surface area is 159 Å². The molecule has 1 N–H and O–H groups in total. The molecule has 0 aliphatic carbocycles. The van der Waals surface area contributed by atoms with E-state index in [0.29, 0.717) is 5.75 Å². The molecule has 0 aliphatic rings. The van der Waals surface area contributed by atoms with Gasteiger partial charge in [-0.25, -0.2) is 0 Å². The standard InChI is InChI=1S/C25H32O/c1-3-22-19-20-25(26)24(23(22)4-2)18-14-9-7-5-6-8-11-15-21-16-12-10-13-17-21/h3-4,10,12-13,16-17,19-20,26H,1-2,5-9,11,14-15,18H2. The minimum atomic E-state index is 0.381. The second kappa shape index (κ2) is 11.4. The van der Waals surface area contributed by atoms with Crippen LogP contribution in [0, 0.1) is 0 Å². The molecule has 0 spiro atoms. The summed E-state index contributed by atoms with van der Waals surface area (Å²) in [5.74, 6) is 0.381. The molecule has 0 saturated heterocycles. The van der Waals surface area contributed by atoms with Crippen molar-refractivity contribution >= 4 is 12.2 Å². The quantitative estimate of drug-likeness (QED) is 0.402. The average Bonchev–Trinajstić information content (AvgIpc) is 2.68. The number of phenolic OH excluding ortho intramolecular Hbond substituents is 1. The Morgan fingerprint density at radius 2 is 1.31 bits per heavy atom. The summed E-state index contributed by atoms with van der Waals surface area (Å²) in [5.41, 5.74) is 4.54. The zero-order valence-corrected chi connectivity index (χ0v) is 15.9. The number of hydrogen-bond donors (Lipinski definition) is 1. The van der Waals surface area contributed by atoms with Crippen LogP contribution in [-0.2, 0) is 12.8 Å². The van der Waals surface area contributed by atoms with Gasteiger partial charge in [0.15, 0.2) is 0 Å². The van der Waals surface area contributed by atoms with Crippen LogP contribution in [0.25, 0.3) is 12.2 Å². The molecule has 0 aliphatic heterocycles. The SMILES string of the molecule is C=Cc1ccc(O)c(CCCCCCCCCc2ccccc2)c1C=C. The number of unbranched alkanes of at least 4 members (excludes halogenated alkanes) is 6. The van der Waals surface area contributed by atoms with Crippen LogP contribution in [0.3, 0.4) is 0 Å². The molecule has 0 radical (unpaired) electrons. The van der Waals surface area contributed by atoms with Gasteiger partial charge in [0.1, 0.15) is 5.75 Å². The molecule has 0 saturated carbocycles. The van der Waals surface area contributed by atoms with Crippen LogP contribution in [0.5, 0.6) is 5.75 Å². The normalized spacial score (nSPS) is 10.6. The zero-order chi connectivity index (χ0) is 18.6. The van der Waals surface area contributed by atoms with Crippen molar-refractivity contribution in [1.82, 2.24) is 0 Å². The van der Waals surface area contributed by atoms with E-state index in [-0.39, 0.29) is 0 Å². The lowest BCUT2D eigenvalue weighted by atomic mass is 9.95. The van der Waals surface area contributed by atoms with Crippen LogP contribution in [-0.4, -0.2) is 5.11 Å². The summed E-state index contributed by atoms with van der Waals surface area (Å²) in [7, 11) is 0. The maximum Gasteiger partial charge on any atom is 0.119 e. The lowest BCUT2D eigenvalue weighted by Gasteiger charge is -2.11. The maximum absolute atomic E-state index is 10.2. The molecule has 1 heteroatoms. The van der Waals surface area contributed by atoms with Gasteiger partial charge in [0.2, 0.25) is 0 Å². The third kappa shape index (κ3) is 6.22. The van der Waals surface area contributed by atoms with E-state index in [2.05, 4.69) is 43.5 Å². The van der Waals surface area contributed by atoms with E-state index in [1.807, 2.05) is 18.2 Å². The fraction of sp³-hybridized carbons (Fsp3) is 0.360. The van der Waals surface area contributed by atoms with Crippen LogP contribution < -0.4 is 0 Å². The van der Waals surface area contributed by atoms with E-state index in [1.54, 1.807) is 6.07 Å². The summed E-state index contributed by atoms with van der Waals surface area (Å²) in [6.45, 7) is 7.74. The van der Waals surface area contributed by atoms with Crippen LogP contribution in [0.1, 0.15) is 67.2 Å². The number of benzene rings is 2. The zero-order valence-electron chi connectivity index (χ0n) is 15.9. The van der Waals surface area contributed by atoms with Crippen LogP contribution in [0.4, 0.5) is 0 Å². The highest BCUT2D eigenvalue weighted by Crippen LogP contribution is 2.28. The monoisotopic (exact) mass is 348 g/mol. The molecule has 2 rings (SSSR count). The highest BCUT2D eigenvalue weighted by atomic mass is 16.3. The van der Waals surface area contributed by atoms with E-state index in [4.69, 9.17) is 0 Å². The third-order valence-corrected chi connectivity index (χ3v) is 5.03. The lowest BCUT2D eigenvalue weighted by Crippen LogP contribution is -1.94. The smallest absolute Gasteiger partial charge is 0.119 e. The number of rotatable bonds is 12. The first kappa shape index (κ1) is 20.0. The highest BCUT2D eigenvalue weighted by molar-refractivity contribution is 5.68. The van der Waals surface area contributed by atoms with Crippen LogP contribution in [0.2, 0.25) is 0 Å². The van der Waals surface area contributed by atoms with E-state index in [1.165, 1.54) is 50.5 Å². The van der Waals surface area contributed by atoms with Gasteiger partial charge in [-0.3, -0.25) is 0 Å². The molecule has 138 valence electrons. The van der Waals surface area contributed by atoms with Crippen molar-refractivity contribution in [3.05, 3.63) is 77.9 Å². The Morgan fingerprint density at radius 1 is 0.692 bits per heavy atom. The van der Waals surface area contributed by atoms with Gasteiger partial charge >= 0.3 is 0 Å². The first-order valence-electron chi connectivity index (χ1n) is 9.90. The van der Waals surface area contributed by atoms with E-state index in [9.17, 15) is 5.11 Å². The molecule has 26 heavy (non-hydrogen) atoms. The molecule has 0 atom stereocenters. The molecule has 0 heterocycles. The summed E-state index contributed by atoms with van der Waals surface area (Å²) in [6, 6.07) is 14.4. The van der Waals surface area contributed by atoms with Crippen LogP contribution in [0.15, 0.2) is 55.6 Å². The minimum Gasteiger partial charge on any atom is -0.508 e. The molecule has 2 aromatic rings. The Bertz CT molecular complexity index is 685. The predicted octanol–water partition coefficient (Wildman–Crippen LogP) is 7.19. The topological polar surface area (TPSA) is 20.2 Å². The second-order valence-electron chi connectivity index (χ2n) is 6.93. The summed E-state index contributed by atoms with van der Waals surface area (Å²) in [4.78, 5) is 0. The van der Waals surface area contributed by atoms with E-state index >= 15 is 0 Å². The van der Waals surface area contributed by atoms with Gasteiger partial charge in [0.05, 0.1) is 0 Å². The third-order valence-electron chi connectivity index (χ3n) is 5.03. The summed E-state index contributed by atoms with van der Waals surface area (Å²) in [5, 5.41) is 10.2. The highest BCUT2D eigenvalue weighted by Gasteiger charge is 2.08. The van der Waals surface area contributed by atoms with E-state index in [0.717, 1.165) is 29.5 Å². The number of aromatic hydroxyl groups is 1. The molecular weight excluding hydrogens is 316 g/mol. The second-order valence-corrected chi connectivity index (χ2v) is 6.93. The molecule has 0 aromatic heterocycles. The van der Waals surface area contributed by atoms with Gasteiger partial charge in [0.25, 0.3) is 0 Å². The van der Waals surface area contributed by atoms with Crippen molar-refractivity contribution in [2.75, 3.05) is 0 Å². The molecular formula is C25H32O. The molecule has 0 fully saturated rings. The molecule has 0 bridgehead atoms. The summed E-state index contributed by atoms with van der Waals surface area (Å²) >= 11 is 0. The van der Waals surface area contributed by atoms with Gasteiger partial charge < -0.3 is 5.11 Å². The lowest BCUT2D eigenvalue weighted by molar-refractivity contribution is 0.465. The fourth-order valence-corrected chi connectivity index (χ4v) is 3.51. The first-order valence-corrected chi connectivity index (χ1v) is 9.90. The average molecular weight is 349 g/mol. The molecule has 1 nitrogen and oxygen atoms in total. The van der Waals surface area contributed by atoms with Crippen LogP contribution >= 0.6 is 0 Å². The van der Waals surface area contributed by atoms with Gasteiger partial charge in [-0.15, -0.1) is 0 Å². The number of hydrogen-bond acceptors (Lipinski definition) is 1. The Kier molecular flexibility index (Phi) is 8.75. The molecule has 0 amide bonds.